The van der Waals surface area contributed by atoms with E-state index in [1.54, 1.807) is 6.07 Å². The maximum Gasteiger partial charge on any atom is 0.265 e. The van der Waals surface area contributed by atoms with Crippen molar-refractivity contribution in [1.29, 1.82) is 0 Å². The number of methoxy groups -OCH3 is 1. The second kappa shape index (κ2) is 7.09. The molecule has 0 aliphatic rings. The number of rotatable bonds is 6. The Morgan fingerprint density at radius 1 is 1.08 bits per heavy atom. The van der Waals surface area contributed by atoms with Crippen LogP contribution in [0, 0.1) is 0 Å². The summed E-state index contributed by atoms with van der Waals surface area (Å²) in [5.74, 6) is -0.115. The quantitative estimate of drug-likeness (QED) is 0.721. The van der Waals surface area contributed by atoms with E-state index in [2.05, 4.69) is 20.7 Å². The zero-order chi connectivity index (χ0) is 18.0. The smallest absolute Gasteiger partial charge is 0.265 e. The maximum absolute atomic E-state index is 12.5. The molecule has 0 aliphatic heterocycles. The minimum Gasteiger partial charge on any atom is -0.495 e. The summed E-state index contributed by atoms with van der Waals surface area (Å²) in [6.45, 7) is 0. The van der Waals surface area contributed by atoms with Gasteiger partial charge in [0.1, 0.15) is 10.6 Å². The van der Waals surface area contributed by atoms with Crippen molar-refractivity contribution in [2.45, 2.75) is 10.6 Å². The molecular weight excluding hydrogens is 420 g/mol. The fourth-order valence-electron chi connectivity index (χ4n) is 1.97. The van der Waals surface area contributed by atoms with E-state index in [1.807, 2.05) is 0 Å². The van der Waals surface area contributed by atoms with Gasteiger partial charge in [0.05, 0.1) is 12.9 Å². The first-order valence-corrected chi connectivity index (χ1v) is 10.6. The second-order valence-electron chi connectivity index (χ2n) is 4.90. The molecule has 130 valence electrons. The van der Waals surface area contributed by atoms with Gasteiger partial charge in [-0.1, -0.05) is 28.1 Å². The molecule has 0 spiro atoms. The molecule has 0 atom stereocenters. The molecule has 2 aromatic carbocycles. The molecule has 3 N–H and O–H groups in total. The highest BCUT2D eigenvalue weighted by Crippen LogP contribution is 2.29. The molecule has 7 nitrogen and oxygen atoms in total. The van der Waals surface area contributed by atoms with Crippen LogP contribution < -0.4 is 14.6 Å². The third-order valence-corrected chi connectivity index (χ3v) is 5.62. The van der Waals surface area contributed by atoms with E-state index in [0.717, 1.165) is 0 Å². The van der Waals surface area contributed by atoms with Crippen LogP contribution in [0.3, 0.4) is 0 Å². The van der Waals surface area contributed by atoms with Gasteiger partial charge in [0.2, 0.25) is 10.0 Å². The minimum atomic E-state index is -3.87. The van der Waals surface area contributed by atoms with Crippen LogP contribution in [-0.4, -0.2) is 23.9 Å². The van der Waals surface area contributed by atoms with E-state index in [9.17, 15) is 16.8 Å². The number of primary sulfonamides is 1. The van der Waals surface area contributed by atoms with Gasteiger partial charge < -0.3 is 4.74 Å². The highest BCUT2D eigenvalue weighted by atomic mass is 79.9. The Hall–Kier alpha value is -1.62. The first-order chi connectivity index (χ1) is 11.1. The molecule has 0 aliphatic carbocycles. The van der Waals surface area contributed by atoms with Crippen LogP contribution in [0.15, 0.2) is 51.8 Å². The standard InChI is InChI=1S/C14H15BrN2O5S2/c1-22-13-7-4-11(15)8-14(13)24(20,21)17-12-5-2-10(3-6-12)9-23(16,18)19/h2-8,17H,9H2,1H3,(H2,16,18,19). The zero-order valence-corrected chi connectivity index (χ0v) is 15.8. The van der Waals surface area contributed by atoms with Crippen molar-refractivity contribution in [1.82, 2.24) is 0 Å². The molecule has 2 rings (SSSR count). The average molecular weight is 435 g/mol. The summed E-state index contributed by atoms with van der Waals surface area (Å²) >= 11 is 3.22. The molecule has 24 heavy (non-hydrogen) atoms. The normalized spacial score (nSPS) is 12.0. The Balaban J connectivity index is 2.28. The Kier molecular flexibility index (Phi) is 5.53. The van der Waals surface area contributed by atoms with Gasteiger partial charge in [-0.15, -0.1) is 0 Å². The minimum absolute atomic E-state index is 0.0204. The number of hydrogen-bond donors (Lipinski definition) is 2. The van der Waals surface area contributed by atoms with Crippen molar-refractivity contribution in [2.75, 3.05) is 11.8 Å². The summed E-state index contributed by atoms with van der Waals surface area (Å²) in [4.78, 5) is -0.0204. The van der Waals surface area contributed by atoms with Gasteiger partial charge in [0.25, 0.3) is 10.0 Å². The molecule has 0 amide bonds. The third kappa shape index (κ3) is 4.94. The fraction of sp³-hybridized carbons (Fsp3) is 0.143. The van der Waals surface area contributed by atoms with Gasteiger partial charge in [-0.3, -0.25) is 4.72 Å². The summed E-state index contributed by atoms with van der Waals surface area (Å²) in [5.41, 5.74) is 0.746. The molecule has 0 bridgehead atoms. The summed E-state index contributed by atoms with van der Waals surface area (Å²) in [7, 11) is -6.14. The predicted octanol–water partition coefficient (Wildman–Crippen LogP) is 2.05. The van der Waals surface area contributed by atoms with Crippen molar-refractivity contribution in [3.8, 4) is 5.75 Å². The van der Waals surface area contributed by atoms with E-state index in [-0.39, 0.29) is 22.1 Å². The van der Waals surface area contributed by atoms with Crippen LogP contribution in [0.25, 0.3) is 0 Å². The number of benzene rings is 2. The first-order valence-electron chi connectivity index (χ1n) is 6.56. The third-order valence-electron chi connectivity index (χ3n) is 2.99. The lowest BCUT2D eigenvalue weighted by atomic mass is 10.2. The van der Waals surface area contributed by atoms with Crippen molar-refractivity contribution >= 4 is 41.7 Å². The summed E-state index contributed by atoms with van der Waals surface area (Å²) < 4.78 is 55.2. The maximum atomic E-state index is 12.5. The lowest BCUT2D eigenvalue weighted by Gasteiger charge is -2.12. The zero-order valence-electron chi connectivity index (χ0n) is 12.6. The molecule has 10 heteroatoms. The highest BCUT2D eigenvalue weighted by molar-refractivity contribution is 9.10. The predicted molar refractivity (Wildman–Crippen MR) is 94.8 cm³/mol. The van der Waals surface area contributed by atoms with Crippen LogP contribution in [0.4, 0.5) is 5.69 Å². The summed E-state index contributed by atoms with van der Waals surface area (Å²) in [6, 6.07) is 10.5. The van der Waals surface area contributed by atoms with E-state index < -0.39 is 20.0 Å². The number of anilines is 1. The number of hydrogen-bond acceptors (Lipinski definition) is 5. The van der Waals surface area contributed by atoms with Crippen molar-refractivity contribution in [3.05, 3.63) is 52.5 Å². The molecule has 2 aromatic rings. The lowest BCUT2D eigenvalue weighted by molar-refractivity contribution is 0.403. The van der Waals surface area contributed by atoms with Crippen molar-refractivity contribution in [2.24, 2.45) is 5.14 Å². The van der Waals surface area contributed by atoms with E-state index in [1.165, 1.54) is 43.5 Å². The highest BCUT2D eigenvalue weighted by Gasteiger charge is 2.20. The Bertz CT molecular complexity index is 942. The van der Waals surface area contributed by atoms with Gasteiger partial charge in [-0.05, 0) is 35.9 Å². The number of nitrogens with two attached hydrogens (primary N) is 1. The van der Waals surface area contributed by atoms with Gasteiger partial charge in [-0.2, -0.15) is 0 Å². The average Bonchev–Trinajstić information content (AvgIpc) is 2.47. The Labute approximate surface area is 149 Å². The van der Waals surface area contributed by atoms with Crippen LogP contribution in [0.2, 0.25) is 0 Å². The van der Waals surface area contributed by atoms with Crippen LogP contribution in [0.1, 0.15) is 5.56 Å². The largest absolute Gasteiger partial charge is 0.495 e. The van der Waals surface area contributed by atoms with E-state index in [4.69, 9.17) is 9.88 Å². The molecular formula is C14H15BrN2O5S2. The number of halogens is 1. The van der Waals surface area contributed by atoms with Gasteiger partial charge in [-0.25, -0.2) is 22.0 Å². The van der Waals surface area contributed by atoms with Gasteiger partial charge in [0, 0.05) is 10.2 Å². The number of ether oxygens (including phenoxy) is 1. The molecule has 0 aromatic heterocycles. The van der Waals surface area contributed by atoms with Crippen LogP contribution in [-0.2, 0) is 25.8 Å². The molecule has 0 saturated heterocycles. The summed E-state index contributed by atoms with van der Waals surface area (Å²) in [6.07, 6.45) is 0. The van der Waals surface area contributed by atoms with E-state index in [0.29, 0.717) is 10.0 Å². The van der Waals surface area contributed by atoms with Crippen LogP contribution in [0.5, 0.6) is 5.75 Å². The Morgan fingerprint density at radius 3 is 2.25 bits per heavy atom. The molecule has 0 unspecified atom stereocenters. The van der Waals surface area contributed by atoms with Gasteiger partial charge >= 0.3 is 0 Å². The topological polar surface area (TPSA) is 116 Å². The lowest BCUT2D eigenvalue weighted by Crippen LogP contribution is -2.15. The first kappa shape index (κ1) is 18.7. The van der Waals surface area contributed by atoms with Gasteiger partial charge in [0.15, 0.2) is 0 Å². The SMILES string of the molecule is COc1ccc(Br)cc1S(=O)(=O)Nc1ccc(CS(N)(=O)=O)cc1. The molecule has 0 fully saturated rings. The monoisotopic (exact) mass is 434 g/mol. The number of nitrogens with one attached hydrogen (secondary N) is 1. The molecule has 0 saturated carbocycles. The summed E-state index contributed by atoms with van der Waals surface area (Å²) in [5, 5.41) is 4.97. The molecule has 0 heterocycles. The second-order valence-corrected chi connectivity index (χ2v) is 9.09. The van der Waals surface area contributed by atoms with E-state index >= 15 is 0 Å². The number of sulfonamides is 2. The fourth-order valence-corrected chi connectivity index (χ4v) is 4.40. The van der Waals surface area contributed by atoms with Crippen LogP contribution >= 0.6 is 15.9 Å². The molecule has 0 radical (unpaired) electrons. The van der Waals surface area contributed by atoms with Crippen molar-refractivity contribution in [3.63, 3.8) is 0 Å². The van der Waals surface area contributed by atoms with Crippen molar-refractivity contribution < 1.29 is 21.6 Å². The Morgan fingerprint density at radius 2 is 1.71 bits per heavy atom.